The molecular formula is C29H40ClN9O5S3. The predicted molar refractivity (Wildman–Crippen MR) is 189 cm³/mol. The highest BCUT2D eigenvalue weighted by atomic mass is 35.5. The van der Waals surface area contributed by atoms with Gasteiger partial charge in [0.05, 0.1) is 18.3 Å². The van der Waals surface area contributed by atoms with Crippen LogP contribution in [0.1, 0.15) is 29.3 Å². The number of rotatable bonds is 15. The standard InChI is InChI=1S/C21H25ClN2O3.C8H15N7O2S3/c22-19-8-6-18(7-9-19)21(17-4-2-1-3-5-17)24-12-10-23(11-13-24)14-15-27-16-20(25)26;9-6(15-20(12,16)17)1-2-18-3-5-4-19-8(13-5)14-7(10)11/h1-9,21H,10-16H2,(H,25,26);4H,1-3H2,(H2,9,15)(H2,12,16,17)(H4,10,11,13,14). The van der Waals surface area contributed by atoms with Gasteiger partial charge in [-0.05, 0) is 23.3 Å². The summed E-state index contributed by atoms with van der Waals surface area (Å²) in [7, 11) is -3.92. The second-order valence-electron chi connectivity index (χ2n) is 10.2. The highest BCUT2D eigenvalue weighted by molar-refractivity contribution is 7.98. The second kappa shape index (κ2) is 19.5. The summed E-state index contributed by atoms with van der Waals surface area (Å²) >= 11 is 8.94. The molecule has 0 aliphatic carbocycles. The van der Waals surface area contributed by atoms with Gasteiger partial charge in [-0.3, -0.25) is 9.80 Å². The maximum absolute atomic E-state index is 10.6. The van der Waals surface area contributed by atoms with E-state index in [-0.39, 0.29) is 24.4 Å². The summed E-state index contributed by atoms with van der Waals surface area (Å²) < 4.78 is 29.6. The minimum absolute atomic E-state index is 0.0144. The molecule has 0 spiro atoms. The average Bonchev–Trinajstić information content (AvgIpc) is 3.45. The lowest BCUT2D eigenvalue weighted by Gasteiger charge is -2.39. The van der Waals surface area contributed by atoms with Gasteiger partial charge in [-0.25, -0.2) is 14.9 Å². The summed E-state index contributed by atoms with van der Waals surface area (Å²) in [6, 6.07) is 18.8. The topological polar surface area (TPSA) is 229 Å². The molecule has 47 heavy (non-hydrogen) atoms. The van der Waals surface area contributed by atoms with Gasteiger partial charge >= 0.3 is 16.2 Å². The molecular weight excluding hydrogens is 686 g/mol. The number of carboxylic acids is 1. The zero-order valence-electron chi connectivity index (χ0n) is 25.7. The lowest BCUT2D eigenvalue weighted by molar-refractivity contribution is -0.142. The van der Waals surface area contributed by atoms with E-state index >= 15 is 0 Å². The molecule has 1 aliphatic heterocycles. The number of carbonyl (C=O) groups is 1. The number of amidine groups is 1. The number of aliphatic imine (C=N–C) groups is 1. The Bertz CT molecular complexity index is 1560. The van der Waals surface area contributed by atoms with Crippen molar-refractivity contribution < 1.29 is 23.1 Å². The maximum Gasteiger partial charge on any atom is 0.329 e. The monoisotopic (exact) mass is 725 g/mol. The van der Waals surface area contributed by atoms with Gasteiger partial charge in [-0.15, -0.1) is 15.7 Å². The van der Waals surface area contributed by atoms with Crippen molar-refractivity contribution in [1.82, 2.24) is 14.8 Å². The van der Waals surface area contributed by atoms with E-state index in [0.29, 0.717) is 29.7 Å². The van der Waals surface area contributed by atoms with Crippen molar-refractivity contribution in [2.24, 2.45) is 31.7 Å². The average molecular weight is 726 g/mol. The molecule has 1 atom stereocenters. The third-order valence-corrected chi connectivity index (χ3v) is 9.13. The number of hydrogen-bond acceptors (Lipinski definition) is 10. The van der Waals surface area contributed by atoms with Crippen molar-refractivity contribution >= 4 is 67.8 Å². The van der Waals surface area contributed by atoms with Crippen molar-refractivity contribution in [3.8, 4) is 0 Å². The highest BCUT2D eigenvalue weighted by Gasteiger charge is 2.26. The Balaban J connectivity index is 0.000000268. The number of aliphatic carboxylic acids is 1. The predicted octanol–water partition coefficient (Wildman–Crippen LogP) is 2.38. The number of piperazine rings is 1. The molecule has 14 nitrogen and oxygen atoms in total. The van der Waals surface area contributed by atoms with E-state index in [1.165, 1.54) is 34.2 Å². The van der Waals surface area contributed by atoms with Gasteiger partial charge in [0.2, 0.25) is 5.13 Å². The van der Waals surface area contributed by atoms with E-state index in [4.69, 9.17) is 43.8 Å². The van der Waals surface area contributed by atoms with Gasteiger partial charge in [0.25, 0.3) is 0 Å². The molecule has 2 heterocycles. The van der Waals surface area contributed by atoms with E-state index in [0.717, 1.165) is 43.4 Å². The number of halogens is 1. The van der Waals surface area contributed by atoms with Crippen LogP contribution in [-0.4, -0.2) is 97.8 Å². The van der Waals surface area contributed by atoms with Crippen LogP contribution in [0, 0.1) is 0 Å². The molecule has 1 aliphatic rings. The molecule has 9 N–H and O–H groups in total. The van der Waals surface area contributed by atoms with Crippen molar-refractivity contribution in [1.29, 1.82) is 0 Å². The minimum atomic E-state index is -3.92. The van der Waals surface area contributed by atoms with Crippen LogP contribution in [0.25, 0.3) is 0 Å². The first-order valence-electron chi connectivity index (χ1n) is 14.4. The van der Waals surface area contributed by atoms with Gasteiger partial charge < -0.3 is 27.0 Å². The molecule has 4 rings (SSSR count). The Morgan fingerprint density at radius 2 is 1.72 bits per heavy atom. The Kier molecular flexibility index (Phi) is 15.8. The number of benzene rings is 2. The molecule has 0 amide bonds. The lowest BCUT2D eigenvalue weighted by Crippen LogP contribution is -2.48. The number of thioether (sulfide) groups is 1. The van der Waals surface area contributed by atoms with Crippen molar-refractivity contribution in [2.75, 3.05) is 51.7 Å². The summed E-state index contributed by atoms with van der Waals surface area (Å²) in [6.45, 7) is 4.75. The van der Waals surface area contributed by atoms with Gasteiger partial charge in [0, 0.05) is 61.1 Å². The number of hydrogen-bond donors (Lipinski definition) is 5. The van der Waals surface area contributed by atoms with E-state index in [9.17, 15) is 13.2 Å². The fourth-order valence-electron chi connectivity index (χ4n) is 4.58. The Morgan fingerprint density at radius 1 is 1.06 bits per heavy atom. The van der Waals surface area contributed by atoms with Crippen LogP contribution in [0.2, 0.25) is 5.02 Å². The van der Waals surface area contributed by atoms with Crippen molar-refractivity contribution in [2.45, 2.75) is 18.2 Å². The van der Waals surface area contributed by atoms with E-state index < -0.39 is 16.2 Å². The largest absolute Gasteiger partial charge is 0.480 e. The van der Waals surface area contributed by atoms with Crippen LogP contribution < -0.4 is 22.3 Å². The van der Waals surface area contributed by atoms with Gasteiger partial charge in [-0.1, -0.05) is 54.1 Å². The zero-order chi connectivity index (χ0) is 34.2. The second-order valence-corrected chi connectivity index (χ2v) is 13.8. The van der Waals surface area contributed by atoms with E-state index in [1.807, 2.05) is 23.6 Å². The third-order valence-electron chi connectivity index (χ3n) is 6.61. The van der Waals surface area contributed by atoms with Crippen LogP contribution in [0.5, 0.6) is 0 Å². The highest BCUT2D eigenvalue weighted by Crippen LogP contribution is 2.30. The van der Waals surface area contributed by atoms with Crippen LogP contribution in [-0.2, 0) is 25.5 Å². The summed E-state index contributed by atoms with van der Waals surface area (Å²) in [4.78, 5) is 23.3. The first-order chi connectivity index (χ1) is 22.4. The normalized spacial score (nSPS) is 15.0. The van der Waals surface area contributed by atoms with Crippen LogP contribution >= 0.6 is 34.7 Å². The van der Waals surface area contributed by atoms with Crippen molar-refractivity contribution in [3.05, 3.63) is 81.8 Å². The number of ether oxygens (including phenoxy) is 1. The molecule has 1 fully saturated rings. The van der Waals surface area contributed by atoms with Gasteiger partial charge in [-0.2, -0.15) is 25.2 Å². The van der Waals surface area contributed by atoms with Crippen LogP contribution in [0.4, 0.5) is 5.13 Å². The first-order valence-corrected chi connectivity index (χ1v) is 18.4. The number of nitrogens with two attached hydrogens (primary N) is 4. The molecule has 2 aromatic carbocycles. The summed E-state index contributed by atoms with van der Waals surface area (Å²) in [5.41, 5.74) is 19.3. The summed E-state index contributed by atoms with van der Waals surface area (Å²) in [5, 5.41) is 16.4. The van der Waals surface area contributed by atoms with E-state index in [2.05, 4.69) is 60.6 Å². The van der Waals surface area contributed by atoms with Crippen LogP contribution in [0.3, 0.4) is 0 Å². The quantitative estimate of drug-likeness (QED) is 0.0864. The maximum atomic E-state index is 10.6. The molecule has 1 saturated heterocycles. The molecule has 0 saturated carbocycles. The molecule has 1 aromatic heterocycles. The molecule has 3 aromatic rings. The number of nitrogens with zero attached hydrogens (tertiary/aromatic N) is 5. The molecule has 0 bridgehead atoms. The van der Waals surface area contributed by atoms with Crippen molar-refractivity contribution in [3.63, 3.8) is 0 Å². The third kappa shape index (κ3) is 15.0. The molecule has 256 valence electrons. The Morgan fingerprint density at radius 3 is 2.34 bits per heavy atom. The van der Waals surface area contributed by atoms with Gasteiger partial charge in [0.1, 0.15) is 12.4 Å². The number of aromatic nitrogens is 1. The summed E-state index contributed by atoms with van der Waals surface area (Å²) in [5.74, 6) is 0.262. The SMILES string of the molecule is NC(N)=Nc1nc(CSCC/C(N)=N/S(N)(=O)=O)cs1.O=C(O)COCCN1CCN(C(c2ccccc2)c2ccc(Cl)cc2)CC1. The van der Waals surface area contributed by atoms with E-state index in [1.54, 1.807) is 0 Å². The fraction of sp³-hybridized carbons (Fsp3) is 0.379. The molecule has 0 radical (unpaired) electrons. The fourth-order valence-corrected chi connectivity index (χ4v) is 6.79. The Hall–Kier alpha value is -3.29. The zero-order valence-corrected chi connectivity index (χ0v) is 28.9. The number of thiazole rings is 1. The Labute approximate surface area is 288 Å². The lowest BCUT2D eigenvalue weighted by atomic mass is 9.96. The number of carboxylic acid groups (broad SMARTS) is 1. The molecule has 18 heteroatoms. The smallest absolute Gasteiger partial charge is 0.329 e. The number of guanidine groups is 1. The van der Waals surface area contributed by atoms with Gasteiger partial charge in [0.15, 0.2) is 5.96 Å². The minimum Gasteiger partial charge on any atom is -0.480 e. The molecule has 1 unspecified atom stereocenters. The summed E-state index contributed by atoms with van der Waals surface area (Å²) in [6.07, 6.45) is 0.325. The first kappa shape index (κ1) is 38.2. The van der Waals surface area contributed by atoms with Crippen LogP contribution in [0.15, 0.2) is 69.4 Å².